The topological polar surface area (TPSA) is 43.1 Å². The molecule has 0 aromatic carbocycles. The van der Waals surface area contributed by atoms with Crippen molar-refractivity contribution in [3.05, 3.63) is 0 Å². The first-order valence-electron chi connectivity index (χ1n) is 5.56. The second-order valence-electron chi connectivity index (χ2n) is 4.65. The Morgan fingerprint density at radius 3 is 2.15 bits per heavy atom. The van der Waals surface area contributed by atoms with Crippen molar-refractivity contribution in [2.24, 2.45) is 17.6 Å². The zero-order valence-corrected chi connectivity index (χ0v) is 8.17. The van der Waals surface area contributed by atoms with Gasteiger partial charge >= 0.3 is 0 Å². The van der Waals surface area contributed by atoms with Gasteiger partial charge in [-0.05, 0) is 32.1 Å². The maximum absolute atomic E-state index is 11.9. The Hall–Kier alpha value is -0.370. The fraction of sp³-hybridized carbons (Fsp3) is 0.909. The lowest BCUT2D eigenvalue weighted by Gasteiger charge is -2.32. The molecule has 2 aliphatic rings. The van der Waals surface area contributed by atoms with E-state index in [9.17, 15) is 4.79 Å². The molecule has 0 aliphatic heterocycles. The lowest BCUT2D eigenvalue weighted by atomic mass is 9.73. The Labute approximate surface area is 79.9 Å². The highest BCUT2D eigenvalue weighted by atomic mass is 16.1. The quantitative estimate of drug-likeness (QED) is 0.706. The molecule has 2 nitrogen and oxygen atoms in total. The Morgan fingerprint density at radius 2 is 1.62 bits per heavy atom. The van der Waals surface area contributed by atoms with Crippen LogP contribution < -0.4 is 5.73 Å². The molecule has 2 aliphatic carbocycles. The monoisotopic (exact) mass is 181 g/mol. The molecule has 2 atom stereocenters. The highest BCUT2D eigenvalue weighted by Crippen LogP contribution is 2.34. The molecule has 0 aromatic rings. The molecular weight excluding hydrogens is 162 g/mol. The van der Waals surface area contributed by atoms with Gasteiger partial charge in [0.1, 0.15) is 5.78 Å². The van der Waals surface area contributed by atoms with Gasteiger partial charge in [0.05, 0.1) is 0 Å². The molecule has 2 saturated carbocycles. The van der Waals surface area contributed by atoms with Crippen molar-refractivity contribution in [1.82, 2.24) is 0 Å². The summed E-state index contributed by atoms with van der Waals surface area (Å²) < 4.78 is 0. The number of nitrogens with two attached hydrogens (primary N) is 1. The minimum Gasteiger partial charge on any atom is -0.328 e. The molecule has 0 spiro atoms. The predicted molar refractivity (Wildman–Crippen MR) is 52.3 cm³/mol. The average Bonchev–Trinajstić information content (AvgIpc) is 2.01. The van der Waals surface area contributed by atoms with Crippen molar-refractivity contribution in [3.63, 3.8) is 0 Å². The van der Waals surface area contributed by atoms with E-state index in [-0.39, 0.29) is 0 Å². The van der Waals surface area contributed by atoms with E-state index >= 15 is 0 Å². The molecule has 13 heavy (non-hydrogen) atoms. The fourth-order valence-electron chi connectivity index (χ4n) is 2.51. The first-order chi connectivity index (χ1) is 6.27. The standard InChI is InChI=1S/C11H19NO/c12-10-6-2-5-9(7-10)11(13)8-3-1-4-8/h8-10H,1-7,12H2. The summed E-state index contributed by atoms with van der Waals surface area (Å²) in [6, 6.07) is 0.294. The summed E-state index contributed by atoms with van der Waals surface area (Å²) in [5.74, 6) is 1.26. The van der Waals surface area contributed by atoms with E-state index in [1.54, 1.807) is 0 Å². The van der Waals surface area contributed by atoms with Gasteiger partial charge in [-0.15, -0.1) is 0 Å². The Balaban J connectivity index is 1.87. The van der Waals surface area contributed by atoms with Crippen molar-refractivity contribution in [3.8, 4) is 0 Å². The summed E-state index contributed by atoms with van der Waals surface area (Å²) in [5, 5.41) is 0. The van der Waals surface area contributed by atoms with Crippen LogP contribution >= 0.6 is 0 Å². The normalized spacial score (nSPS) is 35.5. The second-order valence-corrected chi connectivity index (χ2v) is 4.65. The number of hydrogen-bond acceptors (Lipinski definition) is 2. The number of hydrogen-bond donors (Lipinski definition) is 1. The SMILES string of the molecule is NC1CCCC(C(=O)C2CCC2)C1. The Bertz CT molecular complexity index is 198. The minimum atomic E-state index is 0.294. The van der Waals surface area contributed by atoms with Crippen LogP contribution in [0.1, 0.15) is 44.9 Å². The van der Waals surface area contributed by atoms with E-state index in [2.05, 4.69) is 0 Å². The summed E-state index contributed by atoms with van der Waals surface area (Å²) in [7, 11) is 0. The van der Waals surface area contributed by atoms with Crippen molar-refractivity contribution in [2.75, 3.05) is 0 Å². The maximum Gasteiger partial charge on any atom is 0.139 e. The summed E-state index contributed by atoms with van der Waals surface area (Å²) in [5.41, 5.74) is 5.87. The molecule has 0 aromatic heterocycles. The first kappa shape index (κ1) is 9.20. The van der Waals surface area contributed by atoms with Gasteiger partial charge in [0, 0.05) is 17.9 Å². The van der Waals surface area contributed by atoms with Crippen LogP contribution in [0, 0.1) is 11.8 Å². The van der Waals surface area contributed by atoms with Crippen molar-refractivity contribution in [2.45, 2.75) is 51.0 Å². The van der Waals surface area contributed by atoms with Crippen molar-refractivity contribution in [1.29, 1.82) is 0 Å². The van der Waals surface area contributed by atoms with E-state index in [0.29, 0.717) is 23.7 Å². The van der Waals surface area contributed by atoms with Crippen molar-refractivity contribution >= 4 is 5.78 Å². The van der Waals surface area contributed by atoms with Gasteiger partial charge in [0.25, 0.3) is 0 Å². The molecule has 2 heteroatoms. The van der Waals surface area contributed by atoms with Crippen LogP contribution in [0.5, 0.6) is 0 Å². The third-order valence-corrected chi connectivity index (χ3v) is 3.62. The summed E-state index contributed by atoms with van der Waals surface area (Å²) in [4.78, 5) is 11.9. The van der Waals surface area contributed by atoms with Crippen LogP contribution in [0.25, 0.3) is 0 Å². The van der Waals surface area contributed by atoms with Gasteiger partial charge in [-0.25, -0.2) is 0 Å². The number of carbonyl (C=O) groups is 1. The van der Waals surface area contributed by atoms with Crippen LogP contribution in [-0.2, 0) is 4.79 Å². The van der Waals surface area contributed by atoms with Crippen LogP contribution in [0.15, 0.2) is 0 Å². The van der Waals surface area contributed by atoms with E-state index in [0.717, 1.165) is 38.5 Å². The maximum atomic E-state index is 11.9. The lowest BCUT2D eigenvalue weighted by Crippen LogP contribution is -2.36. The molecule has 2 N–H and O–H groups in total. The average molecular weight is 181 g/mol. The molecule has 2 unspecified atom stereocenters. The Morgan fingerprint density at radius 1 is 1.00 bits per heavy atom. The predicted octanol–water partition coefficient (Wildman–Crippen LogP) is 1.87. The number of Topliss-reactive ketones (excluding diaryl/α,β-unsaturated/α-hetero) is 1. The highest BCUT2D eigenvalue weighted by Gasteiger charge is 2.33. The largest absolute Gasteiger partial charge is 0.328 e. The molecule has 74 valence electrons. The molecule has 0 bridgehead atoms. The lowest BCUT2D eigenvalue weighted by molar-refractivity contribution is -0.130. The zero-order chi connectivity index (χ0) is 9.26. The second kappa shape index (κ2) is 3.79. The van der Waals surface area contributed by atoms with Gasteiger partial charge in [0.15, 0.2) is 0 Å². The van der Waals surface area contributed by atoms with E-state index in [1.165, 1.54) is 6.42 Å². The minimum absolute atomic E-state index is 0.294. The van der Waals surface area contributed by atoms with Crippen molar-refractivity contribution < 1.29 is 4.79 Å². The van der Waals surface area contributed by atoms with Crippen LogP contribution in [0.3, 0.4) is 0 Å². The number of carbonyl (C=O) groups excluding carboxylic acids is 1. The van der Waals surface area contributed by atoms with Gasteiger partial charge in [-0.3, -0.25) is 4.79 Å². The fourth-order valence-corrected chi connectivity index (χ4v) is 2.51. The number of ketones is 1. The summed E-state index contributed by atoms with van der Waals surface area (Å²) in [6.45, 7) is 0. The molecule has 0 saturated heterocycles. The molecule has 0 radical (unpaired) electrons. The summed E-state index contributed by atoms with van der Waals surface area (Å²) >= 11 is 0. The molecule has 2 rings (SSSR count). The molecule has 2 fully saturated rings. The third-order valence-electron chi connectivity index (χ3n) is 3.62. The van der Waals surface area contributed by atoms with Crippen LogP contribution in [-0.4, -0.2) is 11.8 Å². The molecule has 0 amide bonds. The van der Waals surface area contributed by atoms with Gasteiger partial charge in [-0.1, -0.05) is 12.8 Å². The number of rotatable bonds is 2. The van der Waals surface area contributed by atoms with E-state index in [4.69, 9.17) is 5.73 Å². The van der Waals surface area contributed by atoms with Gasteiger partial charge in [0.2, 0.25) is 0 Å². The van der Waals surface area contributed by atoms with Gasteiger partial charge < -0.3 is 5.73 Å². The highest BCUT2D eigenvalue weighted by molar-refractivity contribution is 5.84. The van der Waals surface area contributed by atoms with E-state index < -0.39 is 0 Å². The van der Waals surface area contributed by atoms with Crippen LogP contribution in [0.2, 0.25) is 0 Å². The van der Waals surface area contributed by atoms with Crippen LogP contribution in [0.4, 0.5) is 0 Å². The van der Waals surface area contributed by atoms with E-state index in [1.807, 2.05) is 0 Å². The summed E-state index contributed by atoms with van der Waals surface area (Å²) in [6.07, 6.45) is 7.88. The molecule has 0 heterocycles. The van der Waals surface area contributed by atoms with Gasteiger partial charge in [-0.2, -0.15) is 0 Å². The third kappa shape index (κ3) is 1.93. The smallest absolute Gasteiger partial charge is 0.139 e. The first-order valence-corrected chi connectivity index (χ1v) is 5.56. The zero-order valence-electron chi connectivity index (χ0n) is 8.17. The Kier molecular flexibility index (Phi) is 2.68. The molecular formula is C11H19NO.